The second-order valence-corrected chi connectivity index (χ2v) is 5.66. The Balaban J connectivity index is 2.36. The van der Waals surface area contributed by atoms with Crippen molar-refractivity contribution in [2.75, 3.05) is 21.3 Å². The molecule has 28 heavy (non-hydrogen) atoms. The second kappa shape index (κ2) is 6.88. The van der Waals surface area contributed by atoms with Crippen LogP contribution in [0.5, 0.6) is 23.1 Å². The minimum atomic E-state index is -4.77. The number of alkyl halides is 3. The highest BCUT2D eigenvalue weighted by atomic mass is 19.4. The molecular weight excluding hydrogens is 381 g/mol. The van der Waals surface area contributed by atoms with E-state index in [2.05, 4.69) is 5.10 Å². The number of H-pyrrole nitrogens is 1. The molecule has 0 aliphatic carbocycles. The Hall–Kier alpha value is -3.55. The van der Waals surface area contributed by atoms with Crippen molar-refractivity contribution in [3.05, 3.63) is 40.4 Å². The number of aromatic nitrogens is 2. The molecule has 0 fully saturated rings. The van der Waals surface area contributed by atoms with Gasteiger partial charge in [-0.1, -0.05) is 6.07 Å². The first-order valence-corrected chi connectivity index (χ1v) is 7.80. The Kier molecular flexibility index (Phi) is 4.72. The Labute approximate surface area is 157 Å². The molecule has 0 spiro atoms. The molecule has 2 aromatic rings. The van der Waals surface area contributed by atoms with E-state index < -0.39 is 17.8 Å². The Morgan fingerprint density at radius 3 is 2.39 bits per heavy atom. The van der Waals surface area contributed by atoms with Crippen LogP contribution in [0.4, 0.5) is 13.2 Å². The number of nitrogens with two attached hydrogens (primary N) is 1. The zero-order valence-electron chi connectivity index (χ0n) is 15.0. The number of hydrogen-bond acceptors (Lipinski definition) is 7. The molecule has 1 aromatic heterocycles. The van der Waals surface area contributed by atoms with Gasteiger partial charge in [0.1, 0.15) is 17.3 Å². The number of nitrogens with one attached hydrogen (secondary N) is 1. The van der Waals surface area contributed by atoms with Crippen molar-refractivity contribution in [3.63, 3.8) is 0 Å². The van der Waals surface area contributed by atoms with E-state index in [-0.39, 0.29) is 40.0 Å². The van der Waals surface area contributed by atoms with Crippen molar-refractivity contribution < 1.29 is 32.1 Å². The maximum atomic E-state index is 13.5. The van der Waals surface area contributed by atoms with Crippen LogP contribution in [-0.4, -0.2) is 31.5 Å². The van der Waals surface area contributed by atoms with E-state index in [0.717, 1.165) is 0 Å². The normalized spacial score (nSPS) is 16.1. The number of rotatable bonds is 4. The predicted molar refractivity (Wildman–Crippen MR) is 89.0 cm³/mol. The molecule has 8 nitrogen and oxygen atoms in total. The average molecular weight is 396 g/mol. The van der Waals surface area contributed by atoms with E-state index >= 15 is 0 Å². The van der Waals surface area contributed by atoms with Crippen LogP contribution in [0.3, 0.4) is 0 Å². The topological polar surface area (TPSA) is 115 Å². The number of nitrogens with zero attached hydrogens (tertiary/aromatic N) is 2. The van der Waals surface area contributed by atoms with Gasteiger partial charge in [-0.3, -0.25) is 5.10 Å². The van der Waals surface area contributed by atoms with Crippen LogP contribution in [0, 0.1) is 11.3 Å². The SMILES string of the molecule is COc1ccc(C2C(C#N)=C(N)Oc3n[nH]c(C(F)(F)F)c32)c(OC)c1OC. The van der Waals surface area contributed by atoms with E-state index in [1.54, 1.807) is 0 Å². The number of fused-ring (bicyclic) bond motifs is 1. The second-order valence-electron chi connectivity index (χ2n) is 5.66. The van der Waals surface area contributed by atoms with Crippen LogP contribution >= 0.6 is 0 Å². The average Bonchev–Trinajstić information content (AvgIpc) is 3.09. The van der Waals surface area contributed by atoms with E-state index in [0.29, 0.717) is 5.75 Å². The number of methoxy groups -OCH3 is 3. The molecule has 0 saturated heterocycles. The highest BCUT2D eigenvalue weighted by Crippen LogP contribution is 2.51. The predicted octanol–water partition coefficient (Wildman–Crippen LogP) is 2.67. The number of aromatic amines is 1. The highest BCUT2D eigenvalue weighted by Gasteiger charge is 2.45. The van der Waals surface area contributed by atoms with E-state index in [1.807, 2.05) is 11.2 Å². The van der Waals surface area contributed by atoms with E-state index in [9.17, 15) is 18.4 Å². The largest absolute Gasteiger partial charge is 0.493 e. The first kappa shape index (κ1) is 19.2. The lowest BCUT2D eigenvalue weighted by Gasteiger charge is -2.26. The van der Waals surface area contributed by atoms with Crippen LogP contribution in [-0.2, 0) is 6.18 Å². The summed E-state index contributed by atoms with van der Waals surface area (Å²) in [4.78, 5) is 0. The van der Waals surface area contributed by atoms with Gasteiger partial charge >= 0.3 is 6.18 Å². The number of ether oxygens (including phenoxy) is 4. The number of halogens is 3. The van der Waals surface area contributed by atoms with E-state index in [1.165, 1.54) is 33.5 Å². The van der Waals surface area contributed by atoms with Gasteiger partial charge < -0.3 is 24.7 Å². The molecule has 148 valence electrons. The zero-order chi connectivity index (χ0) is 20.6. The van der Waals surface area contributed by atoms with Gasteiger partial charge in [0.25, 0.3) is 0 Å². The number of nitriles is 1. The number of allylic oxidation sites excluding steroid dienone is 1. The fourth-order valence-electron chi connectivity index (χ4n) is 3.12. The Morgan fingerprint density at radius 1 is 1.18 bits per heavy atom. The lowest BCUT2D eigenvalue weighted by molar-refractivity contribution is -0.141. The molecule has 11 heteroatoms. The Bertz CT molecular complexity index is 992. The van der Waals surface area contributed by atoms with E-state index in [4.69, 9.17) is 24.7 Å². The smallest absolute Gasteiger partial charge is 0.433 e. The molecule has 1 aliphatic heterocycles. The summed E-state index contributed by atoms with van der Waals surface area (Å²) in [7, 11) is 4.08. The third-order valence-electron chi connectivity index (χ3n) is 4.27. The molecular formula is C17H15F3N4O4. The molecule has 1 unspecified atom stereocenters. The van der Waals surface area contributed by atoms with Crippen LogP contribution < -0.4 is 24.7 Å². The molecule has 2 heterocycles. The Morgan fingerprint density at radius 2 is 1.86 bits per heavy atom. The molecule has 0 bridgehead atoms. The van der Waals surface area contributed by atoms with Gasteiger partial charge in [0.05, 0.1) is 32.8 Å². The van der Waals surface area contributed by atoms with Crippen LogP contribution in [0.25, 0.3) is 0 Å². The van der Waals surface area contributed by atoms with Crippen molar-refractivity contribution >= 4 is 0 Å². The summed E-state index contributed by atoms with van der Waals surface area (Å²) in [5, 5.41) is 15.0. The summed E-state index contributed by atoms with van der Waals surface area (Å²) in [6.45, 7) is 0. The zero-order valence-corrected chi connectivity index (χ0v) is 15.0. The van der Waals surface area contributed by atoms with Gasteiger partial charge in [0, 0.05) is 5.56 Å². The lowest BCUT2D eigenvalue weighted by atomic mass is 9.83. The number of hydrogen-bond donors (Lipinski definition) is 2. The van der Waals surface area contributed by atoms with Gasteiger partial charge in [0.2, 0.25) is 17.5 Å². The van der Waals surface area contributed by atoms with Gasteiger partial charge in [-0.25, -0.2) is 0 Å². The van der Waals surface area contributed by atoms with Gasteiger partial charge in [-0.2, -0.15) is 18.4 Å². The third-order valence-corrected chi connectivity index (χ3v) is 4.27. The van der Waals surface area contributed by atoms with Crippen molar-refractivity contribution in [2.45, 2.75) is 12.1 Å². The molecule has 0 saturated carbocycles. The summed E-state index contributed by atoms with van der Waals surface area (Å²) in [6.07, 6.45) is -4.77. The highest BCUT2D eigenvalue weighted by molar-refractivity contribution is 5.64. The summed E-state index contributed by atoms with van der Waals surface area (Å²) >= 11 is 0. The minimum Gasteiger partial charge on any atom is -0.493 e. The van der Waals surface area contributed by atoms with Crippen molar-refractivity contribution in [3.8, 4) is 29.2 Å². The van der Waals surface area contributed by atoms with Gasteiger partial charge in [-0.15, -0.1) is 5.10 Å². The monoisotopic (exact) mass is 396 g/mol. The summed E-state index contributed by atoms with van der Waals surface area (Å²) < 4.78 is 61.6. The lowest BCUT2D eigenvalue weighted by Crippen LogP contribution is -2.23. The molecule has 1 aromatic carbocycles. The van der Waals surface area contributed by atoms with Gasteiger partial charge in [-0.05, 0) is 6.07 Å². The minimum absolute atomic E-state index is 0.0922. The molecule has 3 N–H and O–H groups in total. The van der Waals surface area contributed by atoms with Crippen LogP contribution in [0.15, 0.2) is 23.6 Å². The number of benzene rings is 1. The molecule has 0 radical (unpaired) electrons. The van der Waals surface area contributed by atoms with Crippen molar-refractivity contribution in [1.82, 2.24) is 10.2 Å². The molecule has 3 rings (SSSR count). The fraction of sp³-hybridized carbons (Fsp3) is 0.294. The molecule has 0 amide bonds. The summed E-state index contributed by atoms with van der Waals surface area (Å²) in [5.41, 5.74) is 4.24. The van der Waals surface area contributed by atoms with Crippen LogP contribution in [0.2, 0.25) is 0 Å². The standard InChI is InChI=1S/C17H15F3N4O4/c1-25-9-5-4-7(12(26-2)13(9)27-3)10-8(6-21)15(22)28-16-11(10)14(23-24-16)17(18,19)20/h4-5,10H,22H2,1-3H3,(H,23,24). The maximum absolute atomic E-state index is 13.5. The van der Waals surface area contributed by atoms with Crippen molar-refractivity contribution in [1.29, 1.82) is 5.26 Å². The van der Waals surface area contributed by atoms with Gasteiger partial charge in [0.15, 0.2) is 11.5 Å². The summed E-state index contributed by atoms with van der Waals surface area (Å²) in [6, 6.07) is 4.78. The first-order valence-electron chi connectivity index (χ1n) is 7.80. The first-order chi connectivity index (χ1) is 13.3. The third kappa shape index (κ3) is 2.83. The van der Waals surface area contributed by atoms with Crippen LogP contribution in [0.1, 0.15) is 22.7 Å². The summed E-state index contributed by atoms with van der Waals surface area (Å²) in [5.74, 6) is -1.42. The quantitative estimate of drug-likeness (QED) is 0.816. The van der Waals surface area contributed by atoms with Crippen molar-refractivity contribution in [2.24, 2.45) is 5.73 Å². The molecule has 1 atom stereocenters. The fourth-order valence-corrected chi connectivity index (χ4v) is 3.12. The molecule has 1 aliphatic rings. The maximum Gasteiger partial charge on any atom is 0.433 e.